The fourth-order valence-electron chi connectivity index (χ4n) is 1.71. The van der Waals surface area contributed by atoms with Crippen LogP contribution >= 0.6 is 0 Å². The van der Waals surface area contributed by atoms with Gasteiger partial charge in [-0.2, -0.15) is 0 Å². The van der Waals surface area contributed by atoms with Crippen LogP contribution in [-0.4, -0.2) is 30.6 Å². The second-order valence-corrected chi connectivity index (χ2v) is 4.35. The van der Waals surface area contributed by atoms with Crippen LogP contribution in [0.1, 0.15) is 24.8 Å². The lowest BCUT2D eigenvalue weighted by Crippen LogP contribution is -2.15. The van der Waals surface area contributed by atoms with Gasteiger partial charge in [-0.25, -0.2) is 0 Å². The Morgan fingerprint density at radius 2 is 2.05 bits per heavy atom. The molecule has 0 aliphatic carbocycles. The maximum atomic E-state index is 11.6. The average molecular weight is 264 g/mol. The standard InChI is InChI=1S/C14H20N2O3/c1-15-9-3-6-13(17)16-12-5-2-4-11(10-12)7-8-14(18)19/h2,4-5,10,15H,3,6-9H2,1H3,(H,16,17)(H,18,19). The highest BCUT2D eigenvalue weighted by atomic mass is 16.4. The van der Waals surface area contributed by atoms with Crippen molar-refractivity contribution in [3.05, 3.63) is 29.8 Å². The second kappa shape index (κ2) is 8.26. The van der Waals surface area contributed by atoms with Crippen LogP contribution in [0.25, 0.3) is 0 Å². The molecule has 0 saturated carbocycles. The Morgan fingerprint density at radius 1 is 1.26 bits per heavy atom. The molecule has 5 nitrogen and oxygen atoms in total. The predicted molar refractivity (Wildman–Crippen MR) is 74.2 cm³/mol. The first-order valence-electron chi connectivity index (χ1n) is 6.37. The topological polar surface area (TPSA) is 78.4 Å². The number of amides is 1. The molecule has 0 unspecified atom stereocenters. The largest absolute Gasteiger partial charge is 0.481 e. The first-order valence-corrected chi connectivity index (χ1v) is 6.37. The number of carbonyl (C=O) groups is 2. The van der Waals surface area contributed by atoms with Gasteiger partial charge in [-0.05, 0) is 44.1 Å². The van der Waals surface area contributed by atoms with Crippen molar-refractivity contribution in [1.29, 1.82) is 0 Å². The van der Waals surface area contributed by atoms with Crippen molar-refractivity contribution in [2.24, 2.45) is 0 Å². The number of aliphatic carboxylic acids is 1. The number of nitrogens with one attached hydrogen (secondary N) is 2. The summed E-state index contributed by atoms with van der Waals surface area (Å²) in [6, 6.07) is 7.30. The molecule has 1 aromatic rings. The quantitative estimate of drug-likeness (QED) is 0.624. The van der Waals surface area contributed by atoms with E-state index >= 15 is 0 Å². The first-order chi connectivity index (χ1) is 9.11. The Morgan fingerprint density at radius 3 is 2.74 bits per heavy atom. The summed E-state index contributed by atoms with van der Waals surface area (Å²) in [6.07, 6.45) is 1.83. The van der Waals surface area contributed by atoms with Gasteiger partial charge in [0.25, 0.3) is 0 Å². The van der Waals surface area contributed by atoms with E-state index in [2.05, 4.69) is 10.6 Å². The minimum absolute atomic E-state index is 0.0226. The highest BCUT2D eigenvalue weighted by Gasteiger charge is 2.04. The minimum Gasteiger partial charge on any atom is -0.481 e. The van der Waals surface area contributed by atoms with E-state index in [-0.39, 0.29) is 12.3 Å². The van der Waals surface area contributed by atoms with Crippen LogP contribution in [0.3, 0.4) is 0 Å². The highest BCUT2D eigenvalue weighted by molar-refractivity contribution is 5.90. The molecule has 1 aromatic carbocycles. The van der Waals surface area contributed by atoms with Crippen molar-refractivity contribution >= 4 is 17.6 Å². The van der Waals surface area contributed by atoms with E-state index in [0.717, 1.165) is 24.2 Å². The van der Waals surface area contributed by atoms with Gasteiger partial charge in [0, 0.05) is 18.5 Å². The number of aryl methyl sites for hydroxylation is 1. The molecular weight excluding hydrogens is 244 g/mol. The highest BCUT2D eigenvalue weighted by Crippen LogP contribution is 2.12. The number of hydrogen-bond acceptors (Lipinski definition) is 3. The Hall–Kier alpha value is -1.88. The second-order valence-electron chi connectivity index (χ2n) is 4.35. The number of carboxylic acid groups (broad SMARTS) is 1. The zero-order chi connectivity index (χ0) is 14.1. The van der Waals surface area contributed by atoms with E-state index in [4.69, 9.17) is 5.11 Å². The Balaban J connectivity index is 2.47. The van der Waals surface area contributed by atoms with Crippen LogP contribution < -0.4 is 10.6 Å². The van der Waals surface area contributed by atoms with E-state index in [0.29, 0.717) is 12.8 Å². The molecule has 0 fully saturated rings. The molecule has 0 saturated heterocycles. The predicted octanol–water partition coefficient (Wildman–Crippen LogP) is 1.64. The van der Waals surface area contributed by atoms with Gasteiger partial charge in [0.05, 0.1) is 0 Å². The normalized spacial score (nSPS) is 10.2. The van der Waals surface area contributed by atoms with Crippen molar-refractivity contribution < 1.29 is 14.7 Å². The number of anilines is 1. The van der Waals surface area contributed by atoms with Gasteiger partial charge in [-0.15, -0.1) is 0 Å². The molecule has 0 bridgehead atoms. The average Bonchev–Trinajstić information content (AvgIpc) is 2.37. The van der Waals surface area contributed by atoms with Gasteiger partial charge in [0.2, 0.25) is 5.91 Å². The van der Waals surface area contributed by atoms with Gasteiger partial charge < -0.3 is 15.7 Å². The van der Waals surface area contributed by atoms with Crippen LogP contribution in [0.15, 0.2) is 24.3 Å². The van der Waals surface area contributed by atoms with Crippen LogP contribution in [0.2, 0.25) is 0 Å². The van der Waals surface area contributed by atoms with Crippen LogP contribution in [0.5, 0.6) is 0 Å². The van der Waals surface area contributed by atoms with Crippen molar-refractivity contribution in [3.63, 3.8) is 0 Å². The smallest absolute Gasteiger partial charge is 0.303 e. The Bertz CT molecular complexity index is 432. The summed E-state index contributed by atoms with van der Waals surface area (Å²) >= 11 is 0. The van der Waals surface area contributed by atoms with Crippen LogP contribution in [0, 0.1) is 0 Å². The summed E-state index contributed by atoms with van der Waals surface area (Å²) < 4.78 is 0. The van der Waals surface area contributed by atoms with E-state index in [1.165, 1.54) is 0 Å². The molecule has 0 heterocycles. The summed E-state index contributed by atoms with van der Waals surface area (Å²) in [4.78, 5) is 22.1. The molecule has 104 valence electrons. The fourth-order valence-corrected chi connectivity index (χ4v) is 1.71. The van der Waals surface area contributed by atoms with Crippen LogP contribution in [0.4, 0.5) is 5.69 Å². The summed E-state index contributed by atoms with van der Waals surface area (Å²) in [5.74, 6) is -0.841. The van der Waals surface area contributed by atoms with Crippen molar-refractivity contribution in [1.82, 2.24) is 5.32 Å². The summed E-state index contributed by atoms with van der Waals surface area (Å²) in [7, 11) is 1.85. The molecule has 5 heteroatoms. The molecule has 1 amide bonds. The van der Waals surface area contributed by atoms with Gasteiger partial charge in [0.15, 0.2) is 0 Å². The van der Waals surface area contributed by atoms with Crippen molar-refractivity contribution in [2.75, 3.05) is 18.9 Å². The molecule has 1 rings (SSSR count). The summed E-state index contributed by atoms with van der Waals surface area (Å²) in [5, 5.41) is 14.4. The van der Waals surface area contributed by atoms with Gasteiger partial charge >= 0.3 is 5.97 Å². The van der Waals surface area contributed by atoms with Crippen LogP contribution in [-0.2, 0) is 16.0 Å². The van der Waals surface area contributed by atoms with Crippen molar-refractivity contribution in [3.8, 4) is 0 Å². The molecule has 0 spiro atoms. The molecular formula is C14H20N2O3. The maximum Gasteiger partial charge on any atom is 0.303 e. The molecule has 0 aliphatic heterocycles. The number of carbonyl (C=O) groups excluding carboxylic acids is 1. The zero-order valence-electron chi connectivity index (χ0n) is 11.1. The summed E-state index contributed by atoms with van der Waals surface area (Å²) in [5.41, 5.74) is 1.63. The summed E-state index contributed by atoms with van der Waals surface area (Å²) in [6.45, 7) is 0.812. The minimum atomic E-state index is -0.818. The number of carboxylic acids is 1. The van der Waals surface area contributed by atoms with E-state index in [9.17, 15) is 9.59 Å². The molecule has 3 N–H and O–H groups in total. The van der Waals surface area contributed by atoms with E-state index < -0.39 is 5.97 Å². The molecule has 0 aliphatic rings. The number of hydrogen-bond donors (Lipinski definition) is 3. The monoisotopic (exact) mass is 264 g/mol. The lowest BCUT2D eigenvalue weighted by atomic mass is 10.1. The lowest BCUT2D eigenvalue weighted by Gasteiger charge is -2.07. The zero-order valence-corrected chi connectivity index (χ0v) is 11.1. The third-order valence-electron chi connectivity index (χ3n) is 2.67. The Kier molecular flexibility index (Phi) is 6.60. The van der Waals surface area contributed by atoms with Gasteiger partial charge in [-0.1, -0.05) is 12.1 Å². The van der Waals surface area contributed by atoms with Crippen molar-refractivity contribution in [2.45, 2.75) is 25.7 Å². The number of benzene rings is 1. The number of rotatable bonds is 8. The molecule has 19 heavy (non-hydrogen) atoms. The first kappa shape index (κ1) is 15.2. The SMILES string of the molecule is CNCCCC(=O)Nc1cccc(CCC(=O)O)c1. The molecule has 0 radical (unpaired) electrons. The fraction of sp³-hybridized carbons (Fsp3) is 0.429. The van der Waals surface area contributed by atoms with Gasteiger partial charge in [0.1, 0.15) is 0 Å². The Labute approximate surface area is 113 Å². The lowest BCUT2D eigenvalue weighted by molar-refractivity contribution is -0.137. The van der Waals surface area contributed by atoms with E-state index in [1.807, 2.05) is 25.2 Å². The molecule has 0 aromatic heterocycles. The third kappa shape index (κ3) is 6.57. The molecule has 0 atom stereocenters. The van der Waals surface area contributed by atoms with E-state index in [1.54, 1.807) is 6.07 Å². The third-order valence-corrected chi connectivity index (χ3v) is 2.67. The maximum absolute atomic E-state index is 11.6. The van der Waals surface area contributed by atoms with Gasteiger partial charge in [-0.3, -0.25) is 9.59 Å².